The first-order valence-electron chi connectivity index (χ1n) is 8.94. The van der Waals surface area contributed by atoms with Gasteiger partial charge in [0.1, 0.15) is 0 Å². The number of carbonyl (C=O) groups is 1. The molecule has 1 unspecified atom stereocenters. The zero-order valence-electron chi connectivity index (χ0n) is 15.1. The zero-order chi connectivity index (χ0) is 17.5. The minimum absolute atomic E-state index is 0. The van der Waals surface area contributed by atoms with Crippen molar-refractivity contribution in [1.29, 1.82) is 0 Å². The number of hydrogen-bond acceptors (Lipinski definition) is 3. The summed E-state index contributed by atoms with van der Waals surface area (Å²) in [4.78, 5) is 12.3. The van der Waals surface area contributed by atoms with Crippen LogP contribution in [0.2, 0.25) is 0 Å². The summed E-state index contributed by atoms with van der Waals surface area (Å²) in [6, 6.07) is 18.2. The van der Waals surface area contributed by atoms with Crippen LogP contribution >= 0.6 is 12.4 Å². The van der Waals surface area contributed by atoms with Gasteiger partial charge in [0.15, 0.2) is 0 Å². The molecule has 26 heavy (non-hydrogen) atoms. The van der Waals surface area contributed by atoms with Crippen LogP contribution in [0.4, 0.5) is 5.69 Å². The largest absolute Gasteiger partial charge is 0.376 e. The standard InChI is InChI=1S/C21H26N2O2.ClH/c1-16(19-13-22-14-19)21(24)23-20-9-5-8-18(12-20)15-25-11-10-17-6-3-2-4-7-17;/h2-9,12,16,19,22H,10-11,13-15H2,1H3,(H,23,24);1H. The number of rotatable bonds is 8. The summed E-state index contributed by atoms with van der Waals surface area (Å²) in [7, 11) is 0. The first-order chi connectivity index (χ1) is 12.2. The quantitative estimate of drug-likeness (QED) is 0.693. The fourth-order valence-electron chi connectivity index (χ4n) is 2.90. The number of halogens is 1. The molecule has 0 radical (unpaired) electrons. The first kappa shape index (κ1) is 20.4. The Kier molecular flexibility index (Phi) is 8.10. The molecule has 5 heteroatoms. The van der Waals surface area contributed by atoms with Gasteiger partial charge in [-0.2, -0.15) is 0 Å². The highest BCUT2D eigenvalue weighted by atomic mass is 35.5. The Morgan fingerprint density at radius 3 is 2.58 bits per heavy atom. The molecule has 1 aliphatic rings. The molecule has 1 saturated heterocycles. The SMILES string of the molecule is CC(C(=O)Nc1cccc(COCCc2ccccc2)c1)C1CNC1.Cl. The Balaban J connectivity index is 0.00000243. The molecule has 140 valence electrons. The predicted molar refractivity (Wildman–Crippen MR) is 108 cm³/mol. The van der Waals surface area contributed by atoms with Crippen molar-refractivity contribution >= 4 is 24.0 Å². The highest BCUT2D eigenvalue weighted by Crippen LogP contribution is 2.19. The molecule has 2 aromatic carbocycles. The van der Waals surface area contributed by atoms with Crippen molar-refractivity contribution in [2.24, 2.45) is 11.8 Å². The van der Waals surface area contributed by atoms with E-state index in [1.807, 2.05) is 49.4 Å². The van der Waals surface area contributed by atoms with Crippen molar-refractivity contribution in [2.75, 3.05) is 25.0 Å². The maximum absolute atomic E-state index is 12.3. The molecule has 3 rings (SSSR count). The van der Waals surface area contributed by atoms with E-state index in [1.165, 1.54) is 5.56 Å². The lowest BCUT2D eigenvalue weighted by Crippen LogP contribution is -2.48. The Bertz CT molecular complexity index is 689. The zero-order valence-corrected chi connectivity index (χ0v) is 15.9. The fraction of sp³-hybridized carbons (Fsp3) is 0.381. The van der Waals surface area contributed by atoms with Crippen molar-refractivity contribution in [3.05, 3.63) is 65.7 Å². The minimum Gasteiger partial charge on any atom is -0.376 e. The van der Waals surface area contributed by atoms with Gasteiger partial charge in [0.05, 0.1) is 13.2 Å². The second-order valence-electron chi connectivity index (χ2n) is 6.68. The normalized spacial score (nSPS) is 14.8. The highest BCUT2D eigenvalue weighted by Gasteiger charge is 2.28. The smallest absolute Gasteiger partial charge is 0.227 e. The van der Waals surface area contributed by atoms with Crippen LogP contribution in [-0.2, 0) is 22.6 Å². The third-order valence-corrected chi connectivity index (χ3v) is 4.77. The van der Waals surface area contributed by atoms with Gasteiger partial charge in [-0.1, -0.05) is 49.4 Å². The summed E-state index contributed by atoms with van der Waals surface area (Å²) in [5, 5.41) is 6.24. The van der Waals surface area contributed by atoms with E-state index in [0.29, 0.717) is 19.1 Å². The molecule has 1 atom stereocenters. The molecule has 0 bridgehead atoms. The van der Waals surface area contributed by atoms with Gasteiger partial charge in [-0.3, -0.25) is 4.79 Å². The van der Waals surface area contributed by atoms with Crippen LogP contribution in [0.3, 0.4) is 0 Å². The van der Waals surface area contributed by atoms with Crippen LogP contribution in [0.25, 0.3) is 0 Å². The van der Waals surface area contributed by atoms with Crippen LogP contribution in [0, 0.1) is 11.8 Å². The molecule has 2 N–H and O–H groups in total. The lowest BCUT2D eigenvalue weighted by atomic mass is 9.88. The van der Waals surface area contributed by atoms with Gasteiger partial charge in [0.25, 0.3) is 0 Å². The Morgan fingerprint density at radius 1 is 1.15 bits per heavy atom. The highest BCUT2D eigenvalue weighted by molar-refractivity contribution is 5.92. The number of benzene rings is 2. The van der Waals surface area contributed by atoms with E-state index in [1.54, 1.807) is 0 Å². The van der Waals surface area contributed by atoms with Gasteiger partial charge in [-0.15, -0.1) is 12.4 Å². The van der Waals surface area contributed by atoms with Crippen LogP contribution < -0.4 is 10.6 Å². The molecule has 4 nitrogen and oxygen atoms in total. The molecular weight excluding hydrogens is 348 g/mol. The maximum atomic E-state index is 12.3. The number of ether oxygens (including phenoxy) is 1. The van der Waals surface area contributed by atoms with E-state index in [-0.39, 0.29) is 24.2 Å². The molecule has 0 aromatic heterocycles. The molecular formula is C21H27ClN2O2. The summed E-state index contributed by atoms with van der Waals surface area (Å²) in [6.45, 7) is 5.11. The molecule has 1 aliphatic heterocycles. The summed E-state index contributed by atoms with van der Waals surface area (Å²) in [6.07, 6.45) is 0.907. The second-order valence-corrected chi connectivity index (χ2v) is 6.68. The number of hydrogen-bond donors (Lipinski definition) is 2. The van der Waals surface area contributed by atoms with Gasteiger partial charge in [0.2, 0.25) is 5.91 Å². The summed E-state index contributed by atoms with van der Waals surface area (Å²) < 4.78 is 5.77. The van der Waals surface area contributed by atoms with Crippen LogP contribution in [0.1, 0.15) is 18.1 Å². The molecule has 1 fully saturated rings. The van der Waals surface area contributed by atoms with Crippen molar-refractivity contribution < 1.29 is 9.53 Å². The van der Waals surface area contributed by atoms with Gasteiger partial charge in [-0.25, -0.2) is 0 Å². The van der Waals surface area contributed by atoms with Crippen molar-refractivity contribution in [1.82, 2.24) is 5.32 Å². The van der Waals surface area contributed by atoms with Crippen molar-refractivity contribution in [2.45, 2.75) is 20.0 Å². The number of nitrogens with one attached hydrogen (secondary N) is 2. The van der Waals surface area contributed by atoms with Gasteiger partial charge in [0, 0.05) is 11.6 Å². The van der Waals surface area contributed by atoms with Gasteiger partial charge < -0.3 is 15.4 Å². The lowest BCUT2D eigenvalue weighted by molar-refractivity contribution is -0.121. The number of anilines is 1. The van der Waals surface area contributed by atoms with E-state index < -0.39 is 0 Å². The Morgan fingerprint density at radius 2 is 1.88 bits per heavy atom. The molecule has 0 saturated carbocycles. The van der Waals surface area contributed by atoms with Gasteiger partial charge >= 0.3 is 0 Å². The van der Waals surface area contributed by atoms with Crippen LogP contribution in [-0.4, -0.2) is 25.6 Å². The van der Waals surface area contributed by atoms with Crippen molar-refractivity contribution in [3.8, 4) is 0 Å². The maximum Gasteiger partial charge on any atom is 0.227 e. The molecule has 0 spiro atoms. The number of amides is 1. The Hall–Kier alpha value is -1.88. The van der Waals surface area contributed by atoms with Crippen LogP contribution in [0.5, 0.6) is 0 Å². The van der Waals surface area contributed by atoms with Gasteiger partial charge in [-0.05, 0) is 48.7 Å². The van der Waals surface area contributed by atoms with E-state index in [0.717, 1.165) is 30.8 Å². The van der Waals surface area contributed by atoms with E-state index in [2.05, 4.69) is 22.8 Å². The average molecular weight is 375 g/mol. The molecule has 1 amide bonds. The average Bonchev–Trinajstić information content (AvgIpc) is 2.58. The second kappa shape index (κ2) is 10.3. The van der Waals surface area contributed by atoms with Crippen molar-refractivity contribution in [3.63, 3.8) is 0 Å². The summed E-state index contributed by atoms with van der Waals surface area (Å²) in [5.74, 6) is 0.574. The first-order valence-corrected chi connectivity index (χ1v) is 8.94. The third-order valence-electron chi connectivity index (χ3n) is 4.77. The molecule has 1 heterocycles. The molecule has 2 aromatic rings. The number of carbonyl (C=O) groups excluding carboxylic acids is 1. The van der Waals surface area contributed by atoms with Crippen LogP contribution in [0.15, 0.2) is 54.6 Å². The minimum atomic E-state index is 0. The monoisotopic (exact) mass is 374 g/mol. The van der Waals surface area contributed by atoms with E-state index in [9.17, 15) is 4.79 Å². The molecule has 0 aliphatic carbocycles. The fourth-order valence-corrected chi connectivity index (χ4v) is 2.90. The predicted octanol–water partition coefficient (Wildman–Crippen LogP) is 3.66. The van der Waals surface area contributed by atoms with E-state index >= 15 is 0 Å². The summed E-state index contributed by atoms with van der Waals surface area (Å²) in [5.41, 5.74) is 3.19. The topological polar surface area (TPSA) is 50.4 Å². The third kappa shape index (κ3) is 5.84. The summed E-state index contributed by atoms with van der Waals surface area (Å²) >= 11 is 0. The van der Waals surface area contributed by atoms with E-state index in [4.69, 9.17) is 4.74 Å². The Labute approximate surface area is 161 Å². The lowest BCUT2D eigenvalue weighted by Gasteiger charge is -2.31.